The summed E-state index contributed by atoms with van der Waals surface area (Å²) < 4.78 is 5.27. The van der Waals surface area contributed by atoms with Gasteiger partial charge in [0, 0.05) is 18.8 Å². The topological polar surface area (TPSA) is 47.3 Å². The second-order valence-electron chi connectivity index (χ2n) is 3.80. The fraction of sp³-hybridized carbons (Fsp3) is 0.538. The summed E-state index contributed by atoms with van der Waals surface area (Å²) in [4.78, 5) is 0. The van der Waals surface area contributed by atoms with Crippen molar-refractivity contribution >= 4 is 5.69 Å². The number of rotatable bonds is 7. The lowest BCUT2D eigenvalue weighted by Crippen LogP contribution is -2.10. The molecule has 0 unspecified atom stereocenters. The molecule has 0 aliphatic heterocycles. The van der Waals surface area contributed by atoms with Gasteiger partial charge in [-0.2, -0.15) is 0 Å². The average Bonchev–Trinajstić information content (AvgIpc) is 2.28. The van der Waals surface area contributed by atoms with Crippen LogP contribution >= 0.6 is 0 Å². The summed E-state index contributed by atoms with van der Waals surface area (Å²) in [5.41, 5.74) is 9.33. The van der Waals surface area contributed by atoms with Crippen LogP contribution in [0.4, 0.5) is 5.69 Å². The van der Waals surface area contributed by atoms with E-state index in [9.17, 15) is 0 Å². The molecular formula is C13H22N2O. The van der Waals surface area contributed by atoms with E-state index in [4.69, 9.17) is 10.5 Å². The highest BCUT2D eigenvalue weighted by molar-refractivity contribution is 5.48. The lowest BCUT2D eigenvalue weighted by atomic mass is 10.1. The fourth-order valence-electron chi connectivity index (χ4n) is 1.65. The number of nitrogens with one attached hydrogen (secondary N) is 1. The molecule has 0 amide bonds. The molecule has 0 radical (unpaired) electrons. The number of hydrogen-bond donors (Lipinski definition) is 2. The molecule has 3 nitrogen and oxygen atoms in total. The summed E-state index contributed by atoms with van der Waals surface area (Å²) >= 11 is 0. The number of aryl methyl sites for hydroxylation is 1. The average molecular weight is 222 g/mol. The highest BCUT2D eigenvalue weighted by Gasteiger charge is 1.99. The van der Waals surface area contributed by atoms with Gasteiger partial charge < -0.3 is 15.8 Å². The predicted molar refractivity (Wildman–Crippen MR) is 68.9 cm³/mol. The van der Waals surface area contributed by atoms with E-state index in [0.717, 1.165) is 31.9 Å². The van der Waals surface area contributed by atoms with Crippen LogP contribution in [0.2, 0.25) is 0 Å². The minimum absolute atomic E-state index is 0.706. The molecule has 0 bridgehead atoms. The molecule has 0 aliphatic rings. The largest absolute Gasteiger partial charge is 0.383 e. The van der Waals surface area contributed by atoms with Crippen molar-refractivity contribution in [2.24, 2.45) is 5.73 Å². The molecule has 0 fully saturated rings. The highest BCUT2D eigenvalue weighted by atomic mass is 16.5. The molecule has 1 aromatic carbocycles. The molecule has 16 heavy (non-hydrogen) atoms. The van der Waals surface area contributed by atoms with Crippen LogP contribution in [-0.2, 0) is 11.2 Å². The first kappa shape index (κ1) is 13.0. The maximum atomic E-state index is 5.55. The lowest BCUT2D eigenvalue weighted by molar-refractivity contribution is 0.158. The van der Waals surface area contributed by atoms with Crippen molar-refractivity contribution in [3.05, 3.63) is 29.3 Å². The van der Waals surface area contributed by atoms with E-state index in [-0.39, 0.29) is 0 Å². The molecule has 3 N–H and O–H groups in total. The first-order valence-corrected chi connectivity index (χ1v) is 5.89. The van der Waals surface area contributed by atoms with Gasteiger partial charge in [0.2, 0.25) is 0 Å². The molecule has 0 aromatic heterocycles. The van der Waals surface area contributed by atoms with E-state index < -0.39 is 0 Å². The quantitative estimate of drug-likeness (QED) is 0.693. The van der Waals surface area contributed by atoms with Crippen LogP contribution in [0.1, 0.15) is 18.1 Å². The highest BCUT2D eigenvalue weighted by Crippen LogP contribution is 2.15. The van der Waals surface area contributed by atoms with Crippen molar-refractivity contribution in [3.63, 3.8) is 0 Å². The number of benzene rings is 1. The van der Waals surface area contributed by atoms with Gasteiger partial charge in [0.15, 0.2) is 0 Å². The minimum Gasteiger partial charge on any atom is -0.383 e. The molecule has 0 saturated carbocycles. The maximum Gasteiger partial charge on any atom is 0.0638 e. The summed E-state index contributed by atoms with van der Waals surface area (Å²) in [6.07, 6.45) is 0.949. The van der Waals surface area contributed by atoms with Crippen molar-refractivity contribution in [2.75, 3.05) is 31.6 Å². The van der Waals surface area contributed by atoms with E-state index in [1.807, 2.05) is 6.92 Å². The Balaban J connectivity index is 2.46. The summed E-state index contributed by atoms with van der Waals surface area (Å²) in [6.45, 7) is 7.21. The van der Waals surface area contributed by atoms with Gasteiger partial charge in [-0.15, -0.1) is 0 Å². The van der Waals surface area contributed by atoms with Gasteiger partial charge in [-0.05, 0) is 50.1 Å². The van der Waals surface area contributed by atoms with Crippen LogP contribution in [-0.4, -0.2) is 26.3 Å². The van der Waals surface area contributed by atoms with Gasteiger partial charge >= 0.3 is 0 Å². The van der Waals surface area contributed by atoms with Gasteiger partial charge in [-0.1, -0.05) is 6.07 Å². The van der Waals surface area contributed by atoms with E-state index in [1.165, 1.54) is 11.1 Å². The predicted octanol–water partition coefficient (Wildman–Crippen LogP) is 1.94. The third-order valence-electron chi connectivity index (χ3n) is 2.54. The molecule has 0 saturated heterocycles. The summed E-state index contributed by atoms with van der Waals surface area (Å²) in [5.74, 6) is 0. The smallest absolute Gasteiger partial charge is 0.0638 e. The van der Waals surface area contributed by atoms with Gasteiger partial charge in [-0.25, -0.2) is 0 Å². The second-order valence-corrected chi connectivity index (χ2v) is 3.80. The first-order valence-electron chi connectivity index (χ1n) is 5.89. The van der Waals surface area contributed by atoms with Crippen molar-refractivity contribution in [1.82, 2.24) is 0 Å². The van der Waals surface area contributed by atoms with Crippen LogP contribution in [0.25, 0.3) is 0 Å². The zero-order chi connectivity index (χ0) is 11.8. The van der Waals surface area contributed by atoms with Crippen LogP contribution in [0.5, 0.6) is 0 Å². The molecule has 90 valence electrons. The molecule has 0 heterocycles. The van der Waals surface area contributed by atoms with Crippen molar-refractivity contribution < 1.29 is 4.74 Å². The van der Waals surface area contributed by atoms with Crippen molar-refractivity contribution in [2.45, 2.75) is 20.3 Å². The Morgan fingerprint density at radius 3 is 2.81 bits per heavy atom. The Morgan fingerprint density at radius 2 is 2.19 bits per heavy atom. The van der Waals surface area contributed by atoms with Crippen LogP contribution in [0.3, 0.4) is 0 Å². The molecule has 3 heteroatoms. The van der Waals surface area contributed by atoms with E-state index in [1.54, 1.807) is 0 Å². The molecular weight excluding hydrogens is 200 g/mol. The van der Waals surface area contributed by atoms with Crippen molar-refractivity contribution in [3.8, 4) is 0 Å². The Bertz CT molecular complexity index is 313. The van der Waals surface area contributed by atoms with E-state index in [2.05, 4.69) is 30.4 Å². The minimum atomic E-state index is 0.706. The van der Waals surface area contributed by atoms with Gasteiger partial charge in [0.05, 0.1) is 6.61 Å². The molecule has 0 spiro atoms. The maximum absolute atomic E-state index is 5.55. The summed E-state index contributed by atoms with van der Waals surface area (Å²) in [5, 5.41) is 3.33. The van der Waals surface area contributed by atoms with E-state index >= 15 is 0 Å². The van der Waals surface area contributed by atoms with Gasteiger partial charge in [0.1, 0.15) is 0 Å². The Kier molecular flexibility index (Phi) is 5.90. The Hall–Kier alpha value is -1.06. The number of nitrogens with two attached hydrogens (primary N) is 1. The molecule has 1 aromatic rings. The molecule has 1 rings (SSSR count). The van der Waals surface area contributed by atoms with Crippen LogP contribution < -0.4 is 11.1 Å². The van der Waals surface area contributed by atoms with Gasteiger partial charge in [-0.3, -0.25) is 0 Å². The van der Waals surface area contributed by atoms with Crippen LogP contribution in [0.15, 0.2) is 18.2 Å². The Morgan fingerprint density at radius 1 is 1.38 bits per heavy atom. The van der Waals surface area contributed by atoms with E-state index in [0.29, 0.717) is 6.54 Å². The second kappa shape index (κ2) is 7.25. The fourth-order valence-corrected chi connectivity index (χ4v) is 1.65. The number of anilines is 1. The monoisotopic (exact) mass is 222 g/mol. The van der Waals surface area contributed by atoms with Crippen molar-refractivity contribution in [1.29, 1.82) is 0 Å². The third-order valence-corrected chi connectivity index (χ3v) is 2.54. The zero-order valence-electron chi connectivity index (χ0n) is 10.3. The number of hydrogen-bond acceptors (Lipinski definition) is 3. The molecule has 0 atom stereocenters. The SMILES string of the molecule is CCOCCNc1ccc(CCN)c(C)c1. The first-order chi connectivity index (χ1) is 7.77. The van der Waals surface area contributed by atoms with Gasteiger partial charge in [0.25, 0.3) is 0 Å². The van der Waals surface area contributed by atoms with Crippen LogP contribution in [0, 0.1) is 6.92 Å². The summed E-state index contributed by atoms with van der Waals surface area (Å²) in [6, 6.07) is 6.41. The lowest BCUT2D eigenvalue weighted by Gasteiger charge is -2.10. The zero-order valence-corrected chi connectivity index (χ0v) is 10.3. The summed E-state index contributed by atoms with van der Waals surface area (Å²) in [7, 11) is 0. The standard InChI is InChI=1S/C13H22N2O/c1-3-16-9-8-15-13-5-4-12(6-7-14)11(2)10-13/h4-5,10,15H,3,6-9,14H2,1-2H3. The number of ether oxygens (including phenoxy) is 1. The third kappa shape index (κ3) is 4.21. The Labute approximate surface area is 98.0 Å². The normalized spacial score (nSPS) is 10.4. The molecule has 0 aliphatic carbocycles.